The van der Waals surface area contributed by atoms with E-state index in [0.29, 0.717) is 12.6 Å². The zero-order valence-electron chi connectivity index (χ0n) is 10.8. The summed E-state index contributed by atoms with van der Waals surface area (Å²) in [4.78, 5) is 0. The maximum absolute atomic E-state index is 5.44. The van der Waals surface area contributed by atoms with Gasteiger partial charge in [-0.15, -0.1) is 0 Å². The zero-order valence-corrected chi connectivity index (χ0v) is 11.6. The first-order valence-electron chi connectivity index (χ1n) is 6.09. The number of furan rings is 1. The topological polar surface area (TPSA) is 34.4 Å². The van der Waals surface area contributed by atoms with Crippen molar-refractivity contribution in [3.63, 3.8) is 0 Å². The minimum Gasteiger partial charge on any atom is -0.468 e. The molecule has 0 radical (unpaired) electrons. The molecule has 3 nitrogen and oxygen atoms in total. The average Bonchev–Trinajstić information content (AvgIpc) is 3.00. The standard InChI is InChI=1S/C14H19NO2S/c1-11(8-12-5-7-18-10-12)15-13(9-16-2)14-4-3-6-17-14/h3-7,10-11,13,15H,8-9H2,1-2H3/t11-,13-/m0/s1. The molecular weight excluding hydrogens is 246 g/mol. The first-order valence-corrected chi connectivity index (χ1v) is 7.03. The summed E-state index contributed by atoms with van der Waals surface area (Å²) < 4.78 is 10.7. The Bertz CT molecular complexity index is 425. The van der Waals surface area contributed by atoms with Crippen molar-refractivity contribution in [2.45, 2.75) is 25.4 Å². The summed E-state index contributed by atoms with van der Waals surface area (Å²) >= 11 is 1.74. The third-order valence-corrected chi connectivity index (χ3v) is 3.56. The van der Waals surface area contributed by atoms with Gasteiger partial charge in [0.15, 0.2) is 0 Å². The van der Waals surface area contributed by atoms with Crippen molar-refractivity contribution >= 4 is 11.3 Å². The van der Waals surface area contributed by atoms with Crippen LogP contribution in [0.3, 0.4) is 0 Å². The van der Waals surface area contributed by atoms with Crippen molar-refractivity contribution in [1.29, 1.82) is 0 Å². The quantitative estimate of drug-likeness (QED) is 0.834. The maximum Gasteiger partial charge on any atom is 0.123 e. The number of nitrogens with one attached hydrogen (secondary N) is 1. The third-order valence-electron chi connectivity index (χ3n) is 2.83. The van der Waals surface area contributed by atoms with Gasteiger partial charge in [0.2, 0.25) is 0 Å². The van der Waals surface area contributed by atoms with Gasteiger partial charge in [0.25, 0.3) is 0 Å². The van der Waals surface area contributed by atoms with Crippen LogP contribution < -0.4 is 5.32 Å². The van der Waals surface area contributed by atoms with E-state index in [1.54, 1.807) is 24.7 Å². The Balaban J connectivity index is 1.92. The summed E-state index contributed by atoms with van der Waals surface area (Å²) in [6, 6.07) is 6.54. The Kier molecular flexibility index (Phi) is 4.99. The van der Waals surface area contributed by atoms with Crippen LogP contribution in [0.25, 0.3) is 0 Å². The highest BCUT2D eigenvalue weighted by atomic mass is 32.1. The maximum atomic E-state index is 5.44. The number of thiophene rings is 1. The van der Waals surface area contributed by atoms with Crippen molar-refractivity contribution in [1.82, 2.24) is 5.32 Å². The molecule has 0 bridgehead atoms. The van der Waals surface area contributed by atoms with Crippen LogP contribution in [0, 0.1) is 0 Å². The highest BCUT2D eigenvalue weighted by molar-refractivity contribution is 7.07. The van der Waals surface area contributed by atoms with Crippen LogP contribution >= 0.6 is 11.3 Å². The first-order chi connectivity index (χ1) is 8.79. The lowest BCUT2D eigenvalue weighted by Crippen LogP contribution is -2.34. The molecule has 4 heteroatoms. The van der Waals surface area contributed by atoms with Crippen LogP contribution in [0.15, 0.2) is 39.6 Å². The van der Waals surface area contributed by atoms with Crippen LogP contribution in [0.2, 0.25) is 0 Å². The van der Waals surface area contributed by atoms with Crippen molar-refractivity contribution < 1.29 is 9.15 Å². The molecule has 0 fully saturated rings. The fourth-order valence-corrected chi connectivity index (χ4v) is 2.71. The molecule has 2 rings (SSSR count). The van der Waals surface area contributed by atoms with E-state index >= 15 is 0 Å². The predicted molar refractivity (Wildman–Crippen MR) is 73.9 cm³/mol. The van der Waals surface area contributed by atoms with E-state index in [9.17, 15) is 0 Å². The van der Waals surface area contributed by atoms with Crippen molar-refractivity contribution in [3.8, 4) is 0 Å². The van der Waals surface area contributed by atoms with Gasteiger partial charge in [-0.3, -0.25) is 0 Å². The fourth-order valence-electron chi connectivity index (χ4n) is 2.03. The molecule has 18 heavy (non-hydrogen) atoms. The van der Waals surface area contributed by atoms with Crippen LogP contribution in [0.4, 0.5) is 0 Å². The van der Waals surface area contributed by atoms with Crippen LogP contribution in [0.5, 0.6) is 0 Å². The molecule has 0 aliphatic heterocycles. The molecule has 0 aliphatic rings. The summed E-state index contributed by atoms with van der Waals surface area (Å²) in [5, 5.41) is 7.85. The van der Waals surface area contributed by atoms with Gasteiger partial charge in [-0.25, -0.2) is 0 Å². The number of hydrogen-bond donors (Lipinski definition) is 1. The molecule has 2 atom stereocenters. The lowest BCUT2D eigenvalue weighted by Gasteiger charge is -2.21. The highest BCUT2D eigenvalue weighted by Gasteiger charge is 2.16. The Hall–Kier alpha value is -1.10. The van der Waals surface area contributed by atoms with E-state index in [-0.39, 0.29) is 6.04 Å². The summed E-state index contributed by atoms with van der Waals surface area (Å²) in [6.45, 7) is 2.80. The molecule has 0 aromatic carbocycles. The van der Waals surface area contributed by atoms with Gasteiger partial charge in [-0.05, 0) is 47.9 Å². The molecule has 98 valence electrons. The molecule has 1 N–H and O–H groups in total. The second-order valence-corrected chi connectivity index (χ2v) is 5.21. The molecular formula is C14H19NO2S. The predicted octanol–water partition coefficient (Wildman–Crippen LogP) is 3.25. The molecule has 0 aliphatic carbocycles. The van der Waals surface area contributed by atoms with Gasteiger partial charge >= 0.3 is 0 Å². The number of rotatable bonds is 7. The summed E-state index contributed by atoms with van der Waals surface area (Å²) in [5.74, 6) is 0.925. The minimum atomic E-state index is 0.110. The SMILES string of the molecule is COC[C@H](N[C@@H](C)Cc1ccsc1)c1ccco1. The van der Waals surface area contributed by atoms with Crippen molar-refractivity contribution in [2.75, 3.05) is 13.7 Å². The van der Waals surface area contributed by atoms with Crippen LogP contribution in [-0.2, 0) is 11.2 Å². The Labute approximate surface area is 112 Å². The number of ether oxygens (including phenoxy) is 1. The summed E-state index contributed by atoms with van der Waals surface area (Å²) in [7, 11) is 1.71. The smallest absolute Gasteiger partial charge is 0.123 e. The Morgan fingerprint density at radius 1 is 1.44 bits per heavy atom. The van der Waals surface area contributed by atoms with E-state index in [2.05, 4.69) is 29.1 Å². The normalized spacial score (nSPS) is 14.6. The summed E-state index contributed by atoms with van der Waals surface area (Å²) in [5.41, 5.74) is 1.37. The van der Waals surface area contributed by atoms with E-state index in [1.807, 2.05) is 12.1 Å². The average molecular weight is 265 g/mol. The van der Waals surface area contributed by atoms with Crippen LogP contribution in [-0.4, -0.2) is 19.8 Å². The largest absolute Gasteiger partial charge is 0.468 e. The third kappa shape index (κ3) is 3.70. The van der Waals surface area contributed by atoms with Gasteiger partial charge in [0.05, 0.1) is 18.9 Å². The second kappa shape index (κ2) is 6.73. The van der Waals surface area contributed by atoms with Crippen molar-refractivity contribution in [2.24, 2.45) is 0 Å². The van der Waals surface area contributed by atoms with E-state index in [1.165, 1.54) is 5.56 Å². The molecule has 2 aromatic heterocycles. The molecule has 2 heterocycles. The van der Waals surface area contributed by atoms with Gasteiger partial charge in [-0.1, -0.05) is 0 Å². The fraction of sp³-hybridized carbons (Fsp3) is 0.429. The summed E-state index contributed by atoms with van der Waals surface area (Å²) in [6.07, 6.45) is 2.72. The molecule has 0 spiro atoms. The second-order valence-electron chi connectivity index (χ2n) is 4.43. The van der Waals surface area contributed by atoms with Gasteiger partial charge < -0.3 is 14.5 Å². The minimum absolute atomic E-state index is 0.110. The molecule has 0 saturated carbocycles. The van der Waals surface area contributed by atoms with Crippen molar-refractivity contribution in [3.05, 3.63) is 46.5 Å². The lowest BCUT2D eigenvalue weighted by atomic mass is 10.1. The van der Waals surface area contributed by atoms with Gasteiger partial charge in [0.1, 0.15) is 5.76 Å². The monoisotopic (exact) mass is 265 g/mol. The number of methoxy groups -OCH3 is 1. The molecule has 0 amide bonds. The zero-order chi connectivity index (χ0) is 12.8. The number of hydrogen-bond acceptors (Lipinski definition) is 4. The lowest BCUT2D eigenvalue weighted by molar-refractivity contribution is 0.152. The Morgan fingerprint density at radius 2 is 2.33 bits per heavy atom. The first kappa shape index (κ1) is 13.3. The van der Waals surface area contributed by atoms with E-state index < -0.39 is 0 Å². The van der Waals surface area contributed by atoms with Gasteiger partial charge in [-0.2, -0.15) is 11.3 Å². The Morgan fingerprint density at radius 3 is 2.94 bits per heavy atom. The molecule has 0 unspecified atom stereocenters. The van der Waals surface area contributed by atoms with Gasteiger partial charge in [0, 0.05) is 13.2 Å². The van der Waals surface area contributed by atoms with E-state index in [0.717, 1.165) is 12.2 Å². The highest BCUT2D eigenvalue weighted by Crippen LogP contribution is 2.16. The van der Waals surface area contributed by atoms with Crippen LogP contribution in [0.1, 0.15) is 24.3 Å². The van der Waals surface area contributed by atoms with E-state index in [4.69, 9.17) is 9.15 Å². The molecule has 0 saturated heterocycles. The molecule has 2 aromatic rings.